The molecule has 1 aromatic heterocycles. The molecular weight excluding hydrogens is 307 g/mol. The number of carbonyl (C=O) groups excluding carboxylic acids is 1. The van der Waals surface area contributed by atoms with Gasteiger partial charge >= 0.3 is 0 Å². The lowest BCUT2D eigenvalue weighted by Gasteiger charge is -2.22. The second kappa shape index (κ2) is 4.98. The minimum atomic E-state index is 0.153. The monoisotopic (exact) mass is 320 g/mol. The highest BCUT2D eigenvalue weighted by molar-refractivity contribution is 14.1. The van der Waals surface area contributed by atoms with Crippen molar-refractivity contribution in [3.05, 3.63) is 21.7 Å². The van der Waals surface area contributed by atoms with Crippen molar-refractivity contribution in [1.82, 2.24) is 10.6 Å². The van der Waals surface area contributed by atoms with Crippen molar-refractivity contribution in [2.75, 3.05) is 6.54 Å². The highest BCUT2D eigenvalue weighted by Gasteiger charge is 2.17. The van der Waals surface area contributed by atoms with Crippen molar-refractivity contribution in [2.45, 2.75) is 25.4 Å². The van der Waals surface area contributed by atoms with Crippen LogP contribution in [0, 0.1) is 3.77 Å². The van der Waals surface area contributed by atoms with Gasteiger partial charge in [0.25, 0.3) is 0 Å². The standard InChI is InChI=1S/C10H13IN2O2/c11-9-3-2-8(15-9)6-12-7-1-4-10(14)13-5-7/h2-3,7,12H,1,4-6H2,(H,13,14). The van der Waals surface area contributed by atoms with Gasteiger partial charge in [0.2, 0.25) is 5.91 Å². The van der Waals surface area contributed by atoms with Gasteiger partial charge in [0.15, 0.2) is 3.77 Å². The van der Waals surface area contributed by atoms with Crippen LogP contribution in [-0.2, 0) is 11.3 Å². The van der Waals surface area contributed by atoms with Crippen molar-refractivity contribution < 1.29 is 9.21 Å². The molecule has 15 heavy (non-hydrogen) atoms. The summed E-state index contributed by atoms with van der Waals surface area (Å²) in [4.78, 5) is 10.9. The van der Waals surface area contributed by atoms with E-state index in [4.69, 9.17) is 4.42 Å². The van der Waals surface area contributed by atoms with Gasteiger partial charge in [-0.2, -0.15) is 0 Å². The Morgan fingerprint density at radius 1 is 1.60 bits per heavy atom. The molecule has 1 aromatic rings. The predicted molar refractivity (Wildman–Crippen MR) is 64.3 cm³/mol. The molecule has 0 saturated carbocycles. The number of furan rings is 1. The fraction of sp³-hybridized carbons (Fsp3) is 0.500. The molecule has 5 heteroatoms. The molecule has 1 unspecified atom stereocenters. The van der Waals surface area contributed by atoms with Gasteiger partial charge in [0.1, 0.15) is 5.76 Å². The Hall–Kier alpha value is -0.560. The molecule has 1 aliphatic heterocycles. The molecular formula is C10H13IN2O2. The van der Waals surface area contributed by atoms with E-state index in [1.807, 2.05) is 12.1 Å². The molecule has 1 saturated heterocycles. The number of nitrogens with one attached hydrogen (secondary N) is 2. The van der Waals surface area contributed by atoms with Gasteiger partial charge in [-0.3, -0.25) is 4.79 Å². The first-order chi connectivity index (χ1) is 7.24. The first-order valence-electron chi connectivity index (χ1n) is 4.98. The van der Waals surface area contributed by atoms with Crippen LogP contribution in [0.5, 0.6) is 0 Å². The van der Waals surface area contributed by atoms with Gasteiger partial charge < -0.3 is 15.1 Å². The van der Waals surface area contributed by atoms with Gasteiger partial charge in [0, 0.05) is 19.0 Å². The maximum absolute atomic E-state index is 10.9. The van der Waals surface area contributed by atoms with Crippen molar-refractivity contribution >= 4 is 28.5 Å². The first-order valence-corrected chi connectivity index (χ1v) is 6.06. The Kier molecular flexibility index (Phi) is 3.63. The molecule has 0 radical (unpaired) electrons. The first kappa shape index (κ1) is 10.9. The zero-order chi connectivity index (χ0) is 10.7. The normalized spacial score (nSPS) is 21.4. The predicted octanol–water partition coefficient (Wildman–Crippen LogP) is 1.25. The molecule has 0 aromatic carbocycles. The molecule has 0 aliphatic carbocycles. The van der Waals surface area contributed by atoms with Crippen molar-refractivity contribution in [3.63, 3.8) is 0 Å². The number of hydrogen-bond donors (Lipinski definition) is 2. The van der Waals surface area contributed by atoms with Crippen LogP contribution in [0.4, 0.5) is 0 Å². The van der Waals surface area contributed by atoms with E-state index in [0.29, 0.717) is 12.5 Å². The van der Waals surface area contributed by atoms with Crippen LogP contribution < -0.4 is 10.6 Å². The zero-order valence-electron chi connectivity index (χ0n) is 8.25. The third kappa shape index (κ3) is 3.20. The topological polar surface area (TPSA) is 54.3 Å². The van der Waals surface area contributed by atoms with Crippen LogP contribution in [0.3, 0.4) is 0 Å². The van der Waals surface area contributed by atoms with Crippen LogP contribution in [0.25, 0.3) is 0 Å². The molecule has 0 spiro atoms. The van der Waals surface area contributed by atoms with Crippen molar-refractivity contribution in [3.8, 4) is 0 Å². The molecule has 4 nitrogen and oxygen atoms in total. The van der Waals surface area contributed by atoms with Gasteiger partial charge in [-0.05, 0) is 41.1 Å². The lowest BCUT2D eigenvalue weighted by Crippen LogP contribution is -2.45. The maximum Gasteiger partial charge on any atom is 0.220 e. The van der Waals surface area contributed by atoms with E-state index in [1.165, 1.54) is 0 Å². The molecule has 82 valence electrons. The summed E-state index contributed by atoms with van der Waals surface area (Å²) in [6.07, 6.45) is 1.52. The van der Waals surface area contributed by atoms with Crippen LogP contribution in [0.15, 0.2) is 16.5 Å². The third-order valence-electron chi connectivity index (χ3n) is 2.46. The summed E-state index contributed by atoms with van der Waals surface area (Å²) in [7, 11) is 0. The summed E-state index contributed by atoms with van der Waals surface area (Å²) < 4.78 is 6.34. The van der Waals surface area contributed by atoms with Gasteiger partial charge in [-0.25, -0.2) is 0 Å². The average molecular weight is 320 g/mol. The van der Waals surface area contributed by atoms with E-state index in [2.05, 4.69) is 33.2 Å². The third-order valence-corrected chi connectivity index (χ3v) is 3.04. The lowest BCUT2D eigenvalue weighted by atomic mass is 10.1. The zero-order valence-corrected chi connectivity index (χ0v) is 10.4. The Morgan fingerprint density at radius 2 is 2.47 bits per heavy atom. The second-order valence-corrected chi connectivity index (χ2v) is 4.69. The van der Waals surface area contributed by atoms with Gasteiger partial charge in [0.05, 0.1) is 6.54 Å². The number of piperidine rings is 1. The molecule has 0 bridgehead atoms. The number of hydrogen-bond acceptors (Lipinski definition) is 3. The van der Waals surface area contributed by atoms with Crippen LogP contribution in [0.2, 0.25) is 0 Å². The summed E-state index contributed by atoms with van der Waals surface area (Å²) in [5, 5.41) is 6.20. The highest BCUT2D eigenvalue weighted by Crippen LogP contribution is 2.10. The number of carbonyl (C=O) groups is 1. The van der Waals surface area contributed by atoms with Crippen LogP contribution in [-0.4, -0.2) is 18.5 Å². The molecule has 2 rings (SSSR count). The van der Waals surface area contributed by atoms with E-state index >= 15 is 0 Å². The number of rotatable bonds is 3. The van der Waals surface area contributed by atoms with E-state index in [-0.39, 0.29) is 5.91 Å². The fourth-order valence-electron chi connectivity index (χ4n) is 1.60. The molecule has 1 fully saturated rings. The Labute approximate surface area is 102 Å². The second-order valence-electron chi connectivity index (χ2n) is 3.63. The van der Waals surface area contributed by atoms with E-state index in [0.717, 1.165) is 29.0 Å². The molecule has 2 N–H and O–H groups in total. The average Bonchev–Trinajstić information content (AvgIpc) is 2.64. The Balaban J connectivity index is 1.76. The summed E-state index contributed by atoms with van der Waals surface area (Å²) in [6, 6.07) is 4.28. The van der Waals surface area contributed by atoms with Crippen molar-refractivity contribution in [1.29, 1.82) is 0 Å². The quantitative estimate of drug-likeness (QED) is 0.825. The lowest BCUT2D eigenvalue weighted by molar-refractivity contribution is -0.122. The number of halogens is 1. The molecule has 1 amide bonds. The van der Waals surface area contributed by atoms with E-state index in [9.17, 15) is 4.79 Å². The number of amides is 1. The summed E-state index contributed by atoms with van der Waals surface area (Å²) >= 11 is 2.15. The van der Waals surface area contributed by atoms with Crippen LogP contribution in [0.1, 0.15) is 18.6 Å². The summed E-state index contributed by atoms with van der Waals surface area (Å²) in [5.74, 6) is 1.09. The maximum atomic E-state index is 10.9. The summed E-state index contributed by atoms with van der Waals surface area (Å²) in [6.45, 7) is 1.44. The van der Waals surface area contributed by atoms with Crippen molar-refractivity contribution in [2.24, 2.45) is 0 Å². The smallest absolute Gasteiger partial charge is 0.220 e. The van der Waals surface area contributed by atoms with Gasteiger partial charge in [-0.1, -0.05) is 0 Å². The molecule has 1 atom stereocenters. The van der Waals surface area contributed by atoms with E-state index in [1.54, 1.807) is 0 Å². The van der Waals surface area contributed by atoms with E-state index < -0.39 is 0 Å². The minimum Gasteiger partial charge on any atom is -0.454 e. The fourth-order valence-corrected chi connectivity index (χ4v) is 2.06. The highest BCUT2D eigenvalue weighted by atomic mass is 127. The summed E-state index contributed by atoms with van der Waals surface area (Å²) in [5.41, 5.74) is 0. The molecule has 2 heterocycles. The minimum absolute atomic E-state index is 0.153. The van der Waals surface area contributed by atoms with Gasteiger partial charge in [-0.15, -0.1) is 0 Å². The Bertz CT molecular complexity index is 341. The van der Waals surface area contributed by atoms with Crippen LogP contribution >= 0.6 is 22.6 Å². The Morgan fingerprint density at radius 3 is 3.07 bits per heavy atom. The largest absolute Gasteiger partial charge is 0.454 e. The molecule has 1 aliphatic rings. The SMILES string of the molecule is O=C1CCC(NCc2ccc(I)o2)CN1.